The first-order valence-corrected chi connectivity index (χ1v) is 4.96. The van der Waals surface area contributed by atoms with E-state index in [2.05, 4.69) is 25.9 Å². The van der Waals surface area contributed by atoms with Crippen molar-refractivity contribution < 1.29 is 5.11 Å². The summed E-state index contributed by atoms with van der Waals surface area (Å²) in [6.07, 6.45) is 4.73. The van der Waals surface area contributed by atoms with Crippen LogP contribution < -0.4 is 0 Å². The van der Waals surface area contributed by atoms with Crippen LogP contribution in [-0.4, -0.2) is 37.3 Å². The van der Waals surface area contributed by atoms with Gasteiger partial charge < -0.3 is 10.0 Å². The molecule has 0 fully saturated rings. The van der Waals surface area contributed by atoms with Gasteiger partial charge in [-0.15, -0.1) is 0 Å². The molecule has 0 saturated heterocycles. The number of aliphatic hydroxyl groups excluding tert-OH is 1. The molecular weight excluding hydrogens is 150 g/mol. The second-order valence-electron chi connectivity index (χ2n) is 3.78. The molecule has 2 nitrogen and oxygen atoms in total. The van der Waals surface area contributed by atoms with Crippen molar-refractivity contribution in [1.82, 2.24) is 4.90 Å². The summed E-state index contributed by atoms with van der Waals surface area (Å²) in [6.45, 7) is 3.68. The molecule has 0 amide bonds. The Balaban J connectivity index is 3.31. The molecule has 0 rings (SSSR count). The lowest BCUT2D eigenvalue weighted by Gasteiger charge is -2.14. The van der Waals surface area contributed by atoms with Gasteiger partial charge in [0.25, 0.3) is 0 Å². The van der Waals surface area contributed by atoms with Crippen molar-refractivity contribution in [2.75, 3.05) is 27.2 Å². The Kier molecular flexibility index (Phi) is 7.51. The van der Waals surface area contributed by atoms with Crippen molar-refractivity contribution in [3.8, 4) is 0 Å². The second-order valence-corrected chi connectivity index (χ2v) is 3.78. The highest BCUT2D eigenvalue weighted by Gasteiger charge is 2.05. The van der Waals surface area contributed by atoms with Gasteiger partial charge >= 0.3 is 0 Å². The van der Waals surface area contributed by atoms with Gasteiger partial charge in [-0.3, -0.25) is 0 Å². The van der Waals surface area contributed by atoms with E-state index in [1.165, 1.54) is 25.7 Å². The number of nitrogens with zero attached hydrogens (tertiary/aromatic N) is 1. The lowest BCUT2D eigenvalue weighted by atomic mass is 9.99. The van der Waals surface area contributed by atoms with Crippen LogP contribution in [-0.2, 0) is 0 Å². The molecule has 2 heteroatoms. The molecule has 1 unspecified atom stereocenters. The highest BCUT2D eigenvalue weighted by molar-refractivity contribution is 4.58. The zero-order chi connectivity index (χ0) is 9.40. The lowest BCUT2D eigenvalue weighted by Crippen LogP contribution is -2.15. The Morgan fingerprint density at radius 3 is 2.33 bits per heavy atom. The average Bonchev–Trinajstić information content (AvgIpc) is 2.02. The van der Waals surface area contributed by atoms with E-state index in [4.69, 9.17) is 5.11 Å². The molecule has 1 N–H and O–H groups in total. The van der Waals surface area contributed by atoms with Crippen LogP contribution in [0, 0.1) is 5.92 Å². The van der Waals surface area contributed by atoms with Crippen molar-refractivity contribution in [2.24, 2.45) is 5.92 Å². The van der Waals surface area contributed by atoms with E-state index in [9.17, 15) is 0 Å². The number of hydrogen-bond acceptors (Lipinski definition) is 2. The Hall–Kier alpha value is -0.0800. The lowest BCUT2D eigenvalue weighted by molar-refractivity contribution is 0.203. The molecule has 0 bridgehead atoms. The summed E-state index contributed by atoms with van der Waals surface area (Å²) in [5, 5.41) is 9.01. The zero-order valence-corrected chi connectivity index (χ0v) is 8.71. The van der Waals surface area contributed by atoms with Crippen LogP contribution in [0.4, 0.5) is 0 Å². The Morgan fingerprint density at radius 2 is 1.92 bits per heavy atom. The van der Waals surface area contributed by atoms with E-state index in [1.807, 2.05) is 0 Å². The molecule has 0 spiro atoms. The van der Waals surface area contributed by atoms with E-state index in [0.717, 1.165) is 6.54 Å². The molecule has 0 aliphatic carbocycles. The molecule has 0 aromatic heterocycles. The third kappa shape index (κ3) is 6.62. The number of rotatable bonds is 7. The minimum absolute atomic E-state index is 0.362. The van der Waals surface area contributed by atoms with E-state index >= 15 is 0 Å². The maximum Gasteiger partial charge on any atom is 0.0459 e. The summed E-state index contributed by atoms with van der Waals surface area (Å²) >= 11 is 0. The van der Waals surface area contributed by atoms with Gasteiger partial charge in [0.2, 0.25) is 0 Å². The molecule has 0 aromatic carbocycles. The maximum atomic E-state index is 9.01. The van der Waals surface area contributed by atoms with E-state index in [-0.39, 0.29) is 0 Å². The van der Waals surface area contributed by atoms with Crippen LogP contribution in [0.3, 0.4) is 0 Å². The fourth-order valence-corrected chi connectivity index (χ4v) is 1.43. The highest BCUT2D eigenvalue weighted by Crippen LogP contribution is 2.12. The summed E-state index contributed by atoms with van der Waals surface area (Å²) in [6, 6.07) is 0. The summed E-state index contributed by atoms with van der Waals surface area (Å²) in [7, 11) is 4.18. The van der Waals surface area contributed by atoms with Crippen LogP contribution in [0.25, 0.3) is 0 Å². The van der Waals surface area contributed by atoms with E-state index in [1.54, 1.807) is 0 Å². The molecule has 0 aliphatic heterocycles. The van der Waals surface area contributed by atoms with Crippen LogP contribution in [0.5, 0.6) is 0 Å². The van der Waals surface area contributed by atoms with Crippen molar-refractivity contribution in [3.05, 3.63) is 0 Å². The van der Waals surface area contributed by atoms with Crippen molar-refractivity contribution >= 4 is 0 Å². The minimum Gasteiger partial charge on any atom is -0.396 e. The van der Waals surface area contributed by atoms with Crippen LogP contribution in [0.1, 0.15) is 32.6 Å². The monoisotopic (exact) mass is 173 g/mol. The molecule has 0 heterocycles. The first-order valence-electron chi connectivity index (χ1n) is 4.96. The topological polar surface area (TPSA) is 23.5 Å². The Labute approximate surface area is 76.6 Å². The third-order valence-electron chi connectivity index (χ3n) is 2.17. The summed E-state index contributed by atoms with van der Waals surface area (Å²) in [5.74, 6) is 0.537. The van der Waals surface area contributed by atoms with Gasteiger partial charge in [0.1, 0.15) is 0 Å². The van der Waals surface area contributed by atoms with Crippen LogP contribution >= 0.6 is 0 Å². The highest BCUT2D eigenvalue weighted by atomic mass is 16.3. The van der Waals surface area contributed by atoms with Crippen molar-refractivity contribution in [2.45, 2.75) is 32.6 Å². The van der Waals surface area contributed by atoms with Gasteiger partial charge in [0.15, 0.2) is 0 Å². The van der Waals surface area contributed by atoms with Gasteiger partial charge in [-0.2, -0.15) is 0 Å². The first-order chi connectivity index (χ1) is 5.70. The molecule has 0 radical (unpaired) electrons. The molecule has 0 saturated carbocycles. The second kappa shape index (κ2) is 7.56. The molecular formula is C10H23NO. The van der Waals surface area contributed by atoms with Crippen LogP contribution in [0.15, 0.2) is 0 Å². The first kappa shape index (κ1) is 11.9. The fraction of sp³-hybridized carbons (Fsp3) is 1.00. The SMILES string of the molecule is CCCC(CO)CCCN(C)C. The summed E-state index contributed by atoms with van der Waals surface area (Å²) in [5.41, 5.74) is 0. The number of aliphatic hydroxyl groups is 1. The van der Waals surface area contributed by atoms with Gasteiger partial charge in [-0.25, -0.2) is 0 Å². The minimum atomic E-state index is 0.362. The van der Waals surface area contributed by atoms with Crippen LogP contribution in [0.2, 0.25) is 0 Å². The molecule has 1 atom stereocenters. The number of hydrogen-bond donors (Lipinski definition) is 1. The Bertz CT molecular complexity index is 93.8. The normalized spacial score (nSPS) is 13.8. The summed E-state index contributed by atoms with van der Waals surface area (Å²) < 4.78 is 0. The van der Waals surface area contributed by atoms with Gasteiger partial charge in [-0.1, -0.05) is 13.3 Å². The predicted molar refractivity (Wildman–Crippen MR) is 53.3 cm³/mol. The van der Waals surface area contributed by atoms with E-state index < -0.39 is 0 Å². The quantitative estimate of drug-likeness (QED) is 0.634. The standard InChI is InChI=1S/C10H23NO/c1-4-6-10(9-12)7-5-8-11(2)3/h10,12H,4-9H2,1-3H3. The average molecular weight is 173 g/mol. The van der Waals surface area contributed by atoms with Crippen molar-refractivity contribution in [3.63, 3.8) is 0 Å². The maximum absolute atomic E-state index is 9.01. The molecule has 74 valence electrons. The largest absolute Gasteiger partial charge is 0.396 e. The third-order valence-corrected chi connectivity index (χ3v) is 2.17. The van der Waals surface area contributed by atoms with E-state index in [0.29, 0.717) is 12.5 Å². The molecule has 0 aromatic rings. The molecule has 12 heavy (non-hydrogen) atoms. The van der Waals surface area contributed by atoms with Crippen molar-refractivity contribution in [1.29, 1.82) is 0 Å². The van der Waals surface area contributed by atoms with Gasteiger partial charge in [0.05, 0.1) is 0 Å². The van der Waals surface area contributed by atoms with Gasteiger partial charge in [0, 0.05) is 6.61 Å². The Morgan fingerprint density at radius 1 is 1.25 bits per heavy atom. The predicted octanol–water partition coefficient (Wildman–Crippen LogP) is 1.74. The van der Waals surface area contributed by atoms with Gasteiger partial charge in [-0.05, 0) is 45.8 Å². The zero-order valence-electron chi connectivity index (χ0n) is 8.71. The molecule has 0 aliphatic rings. The fourth-order valence-electron chi connectivity index (χ4n) is 1.43. The summed E-state index contributed by atoms with van der Waals surface area (Å²) in [4.78, 5) is 2.19. The smallest absolute Gasteiger partial charge is 0.0459 e.